The molecule has 4 N–H and O–H groups in total. The Morgan fingerprint density at radius 2 is 1.68 bits per heavy atom. The molecular formula is C21H38N2O5. The van der Waals surface area contributed by atoms with Crippen LogP contribution in [0.25, 0.3) is 0 Å². The van der Waals surface area contributed by atoms with Gasteiger partial charge in [0.1, 0.15) is 5.54 Å². The number of ether oxygens (including phenoxy) is 1. The molecule has 0 radical (unpaired) electrons. The maximum absolute atomic E-state index is 12.1. The quantitative estimate of drug-likeness (QED) is 0.288. The summed E-state index contributed by atoms with van der Waals surface area (Å²) in [6.07, 6.45) is 12.1. The van der Waals surface area contributed by atoms with Gasteiger partial charge in [-0.05, 0) is 19.4 Å². The molecule has 2 atom stereocenters. The van der Waals surface area contributed by atoms with Gasteiger partial charge in [0.15, 0.2) is 0 Å². The highest BCUT2D eigenvalue weighted by Gasteiger charge is 2.48. The molecule has 0 aliphatic carbocycles. The van der Waals surface area contributed by atoms with Gasteiger partial charge >= 0.3 is 11.9 Å². The van der Waals surface area contributed by atoms with Crippen LogP contribution < -0.4 is 11.1 Å². The van der Waals surface area contributed by atoms with Crippen LogP contribution in [0.3, 0.4) is 0 Å². The second kappa shape index (κ2) is 13.5. The van der Waals surface area contributed by atoms with Crippen LogP contribution >= 0.6 is 0 Å². The van der Waals surface area contributed by atoms with Crippen molar-refractivity contribution in [2.24, 2.45) is 11.7 Å². The number of unbranched alkanes of at least 4 members (excludes halogenated alkanes) is 9. The number of primary amides is 1. The van der Waals surface area contributed by atoms with E-state index in [-0.39, 0.29) is 25.9 Å². The third-order valence-electron chi connectivity index (χ3n) is 5.67. The average Bonchev–Trinajstić information content (AvgIpc) is 2.80. The highest BCUT2D eigenvalue weighted by Crippen LogP contribution is 2.30. The van der Waals surface area contributed by atoms with E-state index < -0.39 is 29.3 Å². The topological polar surface area (TPSA) is 119 Å². The van der Waals surface area contributed by atoms with Crippen LogP contribution in [0.1, 0.15) is 90.4 Å². The standard InChI is InChI=1S/C21H38N2O5/c1-2-3-4-5-6-7-8-9-10-11-14-23-21(20(26)27)13-12-19(25)28-16-17(21)15-18(22)24/h17,23H,2-16H2,1H3,(H2,22,24)(H,26,27)/t17?,21-/m0/s1. The lowest BCUT2D eigenvalue weighted by Crippen LogP contribution is -2.59. The van der Waals surface area contributed by atoms with Crippen molar-refractivity contribution in [3.8, 4) is 0 Å². The Balaban J connectivity index is 2.40. The van der Waals surface area contributed by atoms with Gasteiger partial charge in [0.05, 0.1) is 6.61 Å². The first-order chi connectivity index (χ1) is 13.4. The van der Waals surface area contributed by atoms with Crippen molar-refractivity contribution in [3.05, 3.63) is 0 Å². The zero-order valence-corrected chi connectivity index (χ0v) is 17.3. The fraction of sp³-hybridized carbons (Fsp3) is 0.857. The van der Waals surface area contributed by atoms with Crippen LogP contribution in [0.5, 0.6) is 0 Å². The van der Waals surface area contributed by atoms with E-state index in [4.69, 9.17) is 10.5 Å². The highest BCUT2D eigenvalue weighted by atomic mass is 16.5. The molecule has 0 aromatic heterocycles. The number of carbonyl (C=O) groups excluding carboxylic acids is 2. The van der Waals surface area contributed by atoms with Crippen LogP contribution in [0.4, 0.5) is 0 Å². The Bertz CT molecular complexity index is 497. The first kappa shape index (κ1) is 24.4. The molecule has 1 heterocycles. The van der Waals surface area contributed by atoms with Crippen molar-refractivity contribution in [1.29, 1.82) is 0 Å². The van der Waals surface area contributed by atoms with Gasteiger partial charge in [0.25, 0.3) is 0 Å². The number of amides is 1. The molecule has 0 spiro atoms. The summed E-state index contributed by atoms with van der Waals surface area (Å²) in [6, 6.07) is 0. The molecule has 0 aromatic carbocycles. The first-order valence-electron chi connectivity index (χ1n) is 10.8. The lowest BCUT2D eigenvalue weighted by molar-refractivity contribution is -0.150. The van der Waals surface area contributed by atoms with E-state index in [1.165, 1.54) is 44.9 Å². The van der Waals surface area contributed by atoms with Crippen molar-refractivity contribution < 1.29 is 24.2 Å². The van der Waals surface area contributed by atoms with Crippen LogP contribution in [0, 0.1) is 5.92 Å². The highest BCUT2D eigenvalue weighted by molar-refractivity contribution is 5.83. The van der Waals surface area contributed by atoms with Gasteiger partial charge in [0, 0.05) is 18.8 Å². The van der Waals surface area contributed by atoms with E-state index in [9.17, 15) is 19.5 Å². The monoisotopic (exact) mass is 398 g/mol. The Labute approximate surface area is 168 Å². The number of carbonyl (C=O) groups is 3. The van der Waals surface area contributed by atoms with Gasteiger partial charge in [-0.25, -0.2) is 0 Å². The zero-order valence-electron chi connectivity index (χ0n) is 17.3. The predicted octanol–water partition coefficient (Wildman–Crippen LogP) is 3.15. The minimum Gasteiger partial charge on any atom is -0.480 e. The van der Waals surface area contributed by atoms with Gasteiger partial charge < -0.3 is 20.9 Å². The molecule has 7 heteroatoms. The molecule has 0 saturated carbocycles. The summed E-state index contributed by atoms with van der Waals surface area (Å²) in [4.78, 5) is 35.1. The largest absolute Gasteiger partial charge is 0.480 e. The minimum atomic E-state index is -1.35. The lowest BCUT2D eigenvalue weighted by atomic mass is 9.78. The van der Waals surface area contributed by atoms with E-state index in [1.807, 2.05) is 0 Å². The van der Waals surface area contributed by atoms with E-state index in [1.54, 1.807) is 0 Å². The number of nitrogens with one attached hydrogen (secondary N) is 1. The summed E-state index contributed by atoms with van der Waals surface area (Å²) in [5, 5.41) is 13.0. The maximum atomic E-state index is 12.1. The van der Waals surface area contributed by atoms with Crippen LogP contribution in [-0.2, 0) is 19.1 Å². The second-order valence-corrected chi connectivity index (χ2v) is 7.94. The summed E-state index contributed by atoms with van der Waals surface area (Å²) in [6.45, 7) is 2.66. The van der Waals surface area contributed by atoms with Crippen LogP contribution in [-0.4, -0.2) is 41.6 Å². The van der Waals surface area contributed by atoms with Crippen molar-refractivity contribution in [3.63, 3.8) is 0 Å². The number of esters is 1. The number of hydrogen-bond donors (Lipinski definition) is 3. The Morgan fingerprint density at radius 1 is 1.11 bits per heavy atom. The molecule has 7 nitrogen and oxygen atoms in total. The lowest BCUT2D eigenvalue weighted by Gasteiger charge is -2.35. The van der Waals surface area contributed by atoms with E-state index in [2.05, 4.69) is 12.2 Å². The summed E-state index contributed by atoms with van der Waals surface area (Å²) in [5.41, 5.74) is 3.94. The smallest absolute Gasteiger partial charge is 0.324 e. The molecule has 162 valence electrons. The number of hydrogen-bond acceptors (Lipinski definition) is 5. The Hall–Kier alpha value is -1.63. The summed E-state index contributed by atoms with van der Waals surface area (Å²) >= 11 is 0. The van der Waals surface area contributed by atoms with E-state index in [0.29, 0.717) is 6.54 Å². The molecule has 0 aromatic rings. The van der Waals surface area contributed by atoms with Crippen molar-refractivity contribution >= 4 is 17.8 Å². The molecule has 1 aliphatic heterocycles. The second-order valence-electron chi connectivity index (χ2n) is 7.94. The van der Waals surface area contributed by atoms with Crippen molar-refractivity contribution in [1.82, 2.24) is 5.32 Å². The van der Waals surface area contributed by atoms with E-state index in [0.717, 1.165) is 19.3 Å². The Kier molecular flexibility index (Phi) is 11.8. The zero-order chi connectivity index (χ0) is 20.8. The maximum Gasteiger partial charge on any atom is 0.324 e. The van der Waals surface area contributed by atoms with Gasteiger partial charge in [-0.1, -0.05) is 64.7 Å². The summed E-state index contributed by atoms with van der Waals surface area (Å²) in [5.74, 6) is -2.73. The van der Waals surface area contributed by atoms with Gasteiger partial charge in [-0.2, -0.15) is 0 Å². The number of cyclic esters (lactones) is 1. The minimum absolute atomic E-state index is 0.0204. The molecule has 1 rings (SSSR count). The third-order valence-corrected chi connectivity index (χ3v) is 5.67. The average molecular weight is 399 g/mol. The van der Waals surface area contributed by atoms with Crippen LogP contribution in [0.2, 0.25) is 0 Å². The molecule has 28 heavy (non-hydrogen) atoms. The molecule has 1 saturated heterocycles. The SMILES string of the molecule is CCCCCCCCCCCCN[C@@]1(C(=O)O)CCC(=O)OCC1CC(N)=O. The number of carboxylic acid groups (broad SMARTS) is 1. The summed E-state index contributed by atoms with van der Waals surface area (Å²) < 4.78 is 5.08. The van der Waals surface area contributed by atoms with E-state index >= 15 is 0 Å². The number of carboxylic acids is 1. The molecule has 1 amide bonds. The fourth-order valence-corrected chi connectivity index (χ4v) is 3.90. The molecule has 1 fully saturated rings. The fourth-order valence-electron chi connectivity index (χ4n) is 3.90. The summed E-state index contributed by atoms with van der Waals surface area (Å²) in [7, 11) is 0. The molecule has 1 unspecified atom stereocenters. The first-order valence-corrected chi connectivity index (χ1v) is 10.8. The number of aliphatic carboxylic acids is 1. The van der Waals surface area contributed by atoms with Crippen molar-refractivity contribution in [2.45, 2.75) is 95.9 Å². The molecule has 0 bridgehead atoms. The van der Waals surface area contributed by atoms with Gasteiger partial charge in [-0.3, -0.25) is 14.4 Å². The Morgan fingerprint density at radius 3 is 2.21 bits per heavy atom. The van der Waals surface area contributed by atoms with Gasteiger partial charge in [-0.15, -0.1) is 0 Å². The van der Waals surface area contributed by atoms with Crippen molar-refractivity contribution in [2.75, 3.05) is 13.2 Å². The normalized spacial score (nSPS) is 22.5. The number of nitrogens with two attached hydrogens (primary N) is 1. The number of rotatable bonds is 15. The third kappa shape index (κ3) is 8.59. The van der Waals surface area contributed by atoms with Gasteiger partial charge in [0.2, 0.25) is 5.91 Å². The van der Waals surface area contributed by atoms with Crippen LogP contribution in [0.15, 0.2) is 0 Å². The molecule has 1 aliphatic rings. The predicted molar refractivity (Wildman–Crippen MR) is 108 cm³/mol. The molecular weight excluding hydrogens is 360 g/mol.